The Balaban J connectivity index is 2.33. The fraction of sp³-hybridized carbons (Fsp3) is 0.684. The van der Waals surface area contributed by atoms with Crippen LogP contribution in [0.15, 0.2) is 18.2 Å². The van der Waals surface area contributed by atoms with Gasteiger partial charge in [-0.3, -0.25) is 0 Å². The van der Waals surface area contributed by atoms with E-state index in [1.165, 1.54) is 42.5 Å². The molecule has 1 atom stereocenters. The van der Waals surface area contributed by atoms with Crippen molar-refractivity contribution in [1.82, 2.24) is 0 Å². The molecule has 118 valence electrons. The van der Waals surface area contributed by atoms with E-state index in [1.807, 2.05) is 0 Å². The predicted octanol–water partition coefficient (Wildman–Crippen LogP) is 4.29. The molecule has 0 saturated heterocycles. The molecule has 21 heavy (non-hydrogen) atoms. The summed E-state index contributed by atoms with van der Waals surface area (Å²) in [5, 5.41) is 0. The first-order valence-corrected chi connectivity index (χ1v) is 8.59. The molecule has 1 saturated carbocycles. The van der Waals surface area contributed by atoms with Crippen molar-refractivity contribution in [3.63, 3.8) is 0 Å². The van der Waals surface area contributed by atoms with E-state index in [-0.39, 0.29) is 6.04 Å². The molecule has 2 N–H and O–H groups in total. The average Bonchev–Trinajstić information content (AvgIpc) is 2.89. The smallest absolute Gasteiger partial charge is 0.0402 e. The van der Waals surface area contributed by atoms with Crippen LogP contribution in [0.3, 0.4) is 0 Å². The Labute approximate surface area is 130 Å². The van der Waals surface area contributed by atoms with E-state index in [2.05, 4.69) is 50.8 Å². The third-order valence-corrected chi connectivity index (χ3v) is 4.41. The van der Waals surface area contributed by atoms with Crippen molar-refractivity contribution in [3.05, 3.63) is 29.3 Å². The molecule has 1 aliphatic carbocycles. The summed E-state index contributed by atoms with van der Waals surface area (Å²) >= 11 is 0. The van der Waals surface area contributed by atoms with Crippen LogP contribution in [0.1, 0.15) is 57.6 Å². The summed E-state index contributed by atoms with van der Waals surface area (Å²) in [5.41, 5.74) is 10.3. The van der Waals surface area contributed by atoms with E-state index in [0.717, 1.165) is 19.0 Å². The van der Waals surface area contributed by atoms with Crippen LogP contribution >= 0.6 is 0 Å². The van der Waals surface area contributed by atoms with Crippen LogP contribution in [0, 0.1) is 12.8 Å². The van der Waals surface area contributed by atoms with E-state index >= 15 is 0 Å². The van der Waals surface area contributed by atoms with Crippen molar-refractivity contribution >= 4 is 5.69 Å². The van der Waals surface area contributed by atoms with E-state index in [9.17, 15) is 0 Å². The minimum absolute atomic E-state index is 0.218. The molecule has 2 nitrogen and oxygen atoms in total. The number of benzene rings is 1. The van der Waals surface area contributed by atoms with Gasteiger partial charge in [0.15, 0.2) is 0 Å². The Morgan fingerprint density at radius 1 is 1.19 bits per heavy atom. The zero-order valence-electron chi connectivity index (χ0n) is 14.2. The first-order valence-electron chi connectivity index (χ1n) is 8.59. The summed E-state index contributed by atoms with van der Waals surface area (Å²) in [5.74, 6) is 0.690. The monoisotopic (exact) mass is 288 g/mol. The lowest BCUT2D eigenvalue weighted by Gasteiger charge is -2.35. The largest absolute Gasteiger partial charge is 0.368 e. The van der Waals surface area contributed by atoms with Crippen molar-refractivity contribution < 1.29 is 0 Å². The van der Waals surface area contributed by atoms with Gasteiger partial charge in [0.25, 0.3) is 0 Å². The van der Waals surface area contributed by atoms with E-state index in [1.54, 1.807) is 0 Å². The molecule has 1 aromatic carbocycles. The van der Waals surface area contributed by atoms with Gasteiger partial charge in [-0.2, -0.15) is 0 Å². The highest BCUT2D eigenvalue weighted by Gasteiger charge is 2.25. The van der Waals surface area contributed by atoms with Crippen molar-refractivity contribution in [3.8, 4) is 0 Å². The fourth-order valence-electron chi connectivity index (χ4n) is 3.56. The maximum Gasteiger partial charge on any atom is 0.0402 e. The number of aryl methyl sites for hydroxylation is 1. The number of anilines is 1. The zero-order chi connectivity index (χ0) is 15.4. The predicted molar refractivity (Wildman–Crippen MR) is 93.0 cm³/mol. The van der Waals surface area contributed by atoms with Gasteiger partial charge in [-0.25, -0.2) is 0 Å². The minimum atomic E-state index is 0.218. The Bertz CT molecular complexity index is 445. The number of nitrogens with two attached hydrogens (primary N) is 1. The van der Waals surface area contributed by atoms with E-state index < -0.39 is 0 Å². The van der Waals surface area contributed by atoms with E-state index in [4.69, 9.17) is 5.73 Å². The second-order valence-electron chi connectivity index (χ2n) is 7.30. The highest BCUT2D eigenvalue weighted by atomic mass is 15.2. The molecule has 1 aromatic rings. The van der Waals surface area contributed by atoms with Crippen LogP contribution in [0.2, 0.25) is 0 Å². The van der Waals surface area contributed by atoms with Crippen molar-refractivity contribution in [1.29, 1.82) is 0 Å². The Morgan fingerprint density at radius 3 is 2.43 bits per heavy atom. The maximum atomic E-state index is 6.08. The molecule has 0 spiro atoms. The van der Waals surface area contributed by atoms with E-state index in [0.29, 0.717) is 5.92 Å². The van der Waals surface area contributed by atoms with Gasteiger partial charge >= 0.3 is 0 Å². The topological polar surface area (TPSA) is 29.3 Å². The van der Waals surface area contributed by atoms with Crippen LogP contribution in [0.25, 0.3) is 0 Å². The summed E-state index contributed by atoms with van der Waals surface area (Å²) in [6.07, 6.45) is 6.43. The highest BCUT2D eigenvalue weighted by molar-refractivity contribution is 5.56. The summed E-state index contributed by atoms with van der Waals surface area (Å²) in [6, 6.07) is 7.86. The summed E-state index contributed by atoms with van der Waals surface area (Å²) < 4.78 is 0. The molecule has 2 heteroatoms. The number of hydrogen-bond acceptors (Lipinski definition) is 2. The van der Waals surface area contributed by atoms with Gasteiger partial charge in [-0.1, -0.05) is 44.4 Å². The van der Waals surface area contributed by atoms with Gasteiger partial charge in [-0.05, 0) is 50.7 Å². The van der Waals surface area contributed by atoms with Crippen LogP contribution < -0.4 is 10.6 Å². The molecule has 0 aliphatic heterocycles. The second-order valence-corrected chi connectivity index (χ2v) is 7.30. The lowest BCUT2D eigenvalue weighted by molar-refractivity contribution is 0.533. The molecular formula is C19H32N2. The lowest BCUT2D eigenvalue weighted by Crippen LogP contribution is -2.37. The van der Waals surface area contributed by atoms with Gasteiger partial charge in [-0.15, -0.1) is 0 Å². The Hall–Kier alpha value is -1.02. The van der Waals surface area contributed by atoms with Gasteiger partial charge in [0, 0.05) is 24.3 Å². The first kappa shape index (κ1) is 16.4. The standard InChI is InChI=1S/C19H32N2/c1-14(2)13-21(18-7-5-6-8-18)19-10-9-15(3)11-17(19)12-16(4)20/h9-11,14,16,18H,5-8,12-13,20H2,1-4H3. The Morgan fingerprint density at radius 2 is 1.86 bits per heavy atom. The molecule has 1 unspecified atom stereocenters. The average molecular weight is 288 g/mol. The molecule has 1 aliphatic rings. The number of rotatable bonds is 6. The summed E-state index contributed by atoms with van der Waals surface area (Å²) in [7, 11) is 0. The SMILES string of the molecule is Cc1ccc(N(CC(C)C)C2CCCC2)c(CC(C)N)c1. The molecule has 2 rings (SSSR count). The second kappa shape index (κ2) is 7.31. The Kier molecular flexibility index (Phi) is 5.69. The fourth-order valence-corrected chi connectivity index (χ4v) is 3.56. The summed E-state index contributed by atoms with van der Waals surface area (Å²) in [6.45, 7) is 10.1. The maximum absolute atomic E-state index is 6.08. The van der Waals surface area contributed by atoms with Crippen molar-refractivity contribution in [2.24, 2.45) is 11.7 Å². The van der Waals surface area contributed by atoms with Crippen LogP contribution in [-0.4, -0.2) is 18.6 Å². The van der Waals surface area contributed by atoms with Gasteiger partial charge in [0.1, 0.15) is 0 Å². The van der Waals surface area contributed by atoms with Gasteiger partial charge in [0.05, 0.1) is 0 Å². The molecule has 0 bridgehead atoms. The zero-order valence-corrected chi connectivity index (χ0v) is 14.2. The third-order valence-electron chi connectivity index (χ3n) is 4.41. The van der Waals surface area contributed by atoms with Crippen LogP contribution in [0.4, 0.5) is 5.69 Å². The first-order chi connectivity index (χ1) is 9.97. The number of hydrogen-bond donors (Lipinski definition) is 1. The van der Waals surface area contributed by atoms with Gasteiger partial charge < -0.3 is 10.6 Å². The highest BCUT2D eigenvalue weighted by Crippen LogP contribution is 2.32. The van der Waals surface area contributed by atoms with Gasteiger partial charge in [0.2, 0.25) is 0 Å². The summed E-state index contributed by atoms with van der Waals surface area (Å²) in [4.78, 5) is 2.68. The lowest BCUT2D eigenvalue weighted by atomic mass is 9.99. The van der Waals surface area contributed by atoms with Crippen LogP contribution in [-0.2, 0) is 6.42 Å². The third kappa shape index (κ3) is 4.47. The van der Waals surface area contributed by atoms with Crippen molar-refractivity contribution in [2.45, 2.75) is 71.9 Å². The molecule has 0 radical (unpaired) electrons. The van der Waals surface area contributed by atoms with Crippen LogP contribution in [0.5, 0.6) is 0 Å². The minimum Gasteiger partial charge on any atom is -0.368 e. The number of nitrogens with zero attached hydrogens (tertiary/aromatic N) is 1. The van der Waals surface area contributed by atoms with Crippen molar-refractivity contribution in [2.75, 3.05) is 11.4 Å². The quantitative estimate of drug-likeness (QED) is 0.846. The molecule has 0 heterocycles. The molecule has 1 fully saturated rings. The normalized spacial score (nSPS) is 17.4. The molecule has 0 aromatic heterocycles. The molecule has 0 amide bonds. The molecular weight excluding hydrogens is 256 g/mol.